The zero-order valence-corrected chi connectivity index (χ0v) is 19.9. The van der Waals surface area contributed by atoms with E-state index >= 15 is 0 Å². The number of rotatable bonds is 4. The summed E-state index contributed by atoms with van der Waals surface area (Å²) < 4.78 is 3.23. The first-order valence-corrected chi connectivity index (χ1v) is 11.8. The lowest BCUT2D eigenvalue weighted by molar-refractivity contribution is -0.117. The first-order chi connectivity index (χ1) is 16.5. The number of aryl methyl sites for hydroxylation is 1. The second-order valence-corrected chi connectivity index (χ2v) is 8.94. The van der Waals surface area contributed by atoms with Gasteiger partial charge in [0.05, 0.1) is 17.4 Å². The number of thiophene rings is 1. The second kappa shape index (κ2) is 9.10. The third-order valence-electron chi connectivity index (χ3n) is 5.71. The van der Waals surface area contributed by atoms with Gasteiger partial charge in [-0.25, -0.2) is 9.97 Å². The zero-order chi connectivity index (χ0) is 23.7. The van der Waals surface area contributed by atoms with Crippen molar-refractivity contribution in [1.82, 2.24) is 19.7 Å². The van der Waals surface area contributed by atoms with E-state index in [1.807, 2.05) is 47.9 Å². The lowest BCUT2D eigenvalue weighted by Gasteiger charge is -2.12. The molecule has 0 fully saturated rings. The van der Waals surface area contributed by atoms with E-state index in [1.54, 1.807) is 31.4 Å². The summed E-state index contributed by atoms with van der Waals surface area (Å²) in [6.45, 7) is 3.78. The minimum absolute atomic E-state index is 0.157. The maximum absolute atomic E-state index is 12.4. The van der Waals surface area contributed by atoms with E-state index < -0.39 is 0 Å². The molecule has 2 N–H and O–H groups in total. The standard InChI is InChI=1S/C27H23N5OS/c1-17-26(32-14-5-4-6-25(32)29-17)21-10-12-24(31-27(33)18(2)28-3)30-22(21)11-8-19-7-9-20-13-15-34-23(20)16-19/h4-7,9-10,12-16,18,28H,1-3H3,(H,30,31,33). The third-order valence-corrected chi connectivity index (χ3v) is 6.59. The number of carbonyl (C=O) groups excluding carboxylic acids is 1. The summed E-state index contributed by atoms with van der Waals surface area (Å²) in [5, 5.41) is 9.10. The van der Waals surface area contributed by atoms with E-state index in [2.05, 4.69) is 46.1 Å². The van der Waals surface area contributed by atoms with Gasteiger partial charge in [-0.05, 0) is 80.0 Å². The van der Waals surface area contributed by atoms with E-state index in [0.717, 1.165) is 28.2 Å². The van der Waals surface area contributed by atoms with Crippen molar-refractivity contribution < 1.29 is 4.79 Å². The molecular weight excluding hydrogens is 442 g/mol. The number of aromatic nitrogens is 3. The van der Waals surface area contributed by atoms with E-state index in [4.69, 9.17) is 9.97 Å². The molecule has 5 rings (SSSR count). The molecule has 0 saturated heterocycles. The zero-order valence-electron chi connectivity index (χ0n) is 19.1. The number of anilines is 1. The molecule has 0 aliphatic carbocycles. The third kappa shape index (κ3) is 4.17. The summed E-state index contributed by atoms with van der Waals surface area (Å²) in [6.07, 6.45) is 1.98. The number of nitrogens with one attached hydrogen (secondary N) is 2. The fourth-order valence-corrected chi connectivity index (χ4v) is 4.61. The Hall–Kier alpha value is -3.99. The van der Waals surface area contributed by atoms with Gasteiger partial charge in [0, 0.05) is 22.0 Å². The van der Waals surface area contributed by atoms with Crippen molar-refractivity contribution >= 4 is 38.8 Å². The lowest BCUT2D eigenvalue weighted by Crippen LogP contribution is -2.35. The molecule has 1 amide bonds. The summed E-state index contributed by atoms with van der Waals surface area (Å²) in [7, 11) is 1.75. The highest BCUT2D eigenvalue weighted by molar-refractivity contribution is 7.17. The van der Waals surface area contributed by atoms with Gasteiger partial charge in [0.25, 0.3) is 0 Å². The van der Waals surface area contributed by atoms with Crippen LogP contribution >= 0.6 is 11.3 Å². The van der Waals surface area contributed by atoms with E-state index in [0.29, 0.717) is 11.5 Å². The molecule has 0 radical (unpaired) electrons. The van der Waals surface area contributed by atoms with Crippen molar-refractivity contribution in [3.05, 3.63) is 83.1 Å². The van der Waals surface area contributed by atoms with E-state index in [-0.39, 0.29) is 11.9 Å². The smallest absolute Gasteiger partial charge is 0.242 e. The van der Waals surface area contributed by atoms with Crippen LogP contribution in [0.4, 0.5) is 5.82 Å². The Morgan fingerprint density at radius 2 is 1.97 bits per heavy atom. The Morgan fingerprint density at radius 3 is 2.82 bits per heavy atom. The van der Waals surface area contributed by atoms with Crippen molar-refractivity contribution in [1.29, 1.82) is 0 Å². The number of fused-ring (bicyclic) bond motifs is 2. The van der Waals surface area contributed by atoms with Crippen LogP contribution in [0.3, 0.4) is 0 Å². The largest absolute Gasteiger partial charge is 0.309 e. The Kier molecular flexibility index (Phi) is 5.84. The van der Waals surface area contributed by atoms with Gasteiger partial charge in [0.1, 0.15) is 17.2 Å². The molecule has 1 atom stereocenters. The Balaban J connectivity index is 1.62. The number of hydrogen-bond acceptors (Lipinski definition) is 5. The maximum atomic E-state index is 12.4. The fraction of sp³-hybridized carbons (Fsp3) is 0.148. The van der Waals surface area contributed by atoms with Gasteiger partial charge in [-0.15, -0.1) is 11.3 Å². The molecule has 168 valence electrons. The van der Waals surface area contributed by atoms with Crippen LogP contribution in [0.25, 0.3) is 27.0 Å². The van der Waals surface area contributed by atoms with Crippen molar-refractivity contribution in [3.63, 3.8) is 0 Å². The summed E-state index contributed by atoms with van der Waals surface area (Å²) >= 11 is 1.69. The average Bonchev–Trinajstić information content (AvgIpc) is 3.45. The Bertz CT molecular complexity index is 1590. The second-order valence-electron chi connectivity index (χ2n) is 7.99. The number of benzene rings is 1. The van der Waals surface area contributed by atoms with Crippen LogP contribution < -0.4 is 10.6 Å². The minimum atomic E-state index is -0.338. The maximum Gasteiger partial charge on any atom is 0.242 e. The van der Waals surface area contributed by atoms with Crippen LogP contribution in [0.1, 0.15) is 23.9 Å². The summed E-state index contributed by atoms with van der Waals surface area (Å²) in [4.78, 5) is 21.8. The monoisotopic (exact) mass is 465 g/mol. The first-order valence-electron chi connectivity index (χ1n) is 11.0. The van der Waals surface area contributed by atoms with Gasteiger partial charge >= 0.3 is 0 Å². The fourth-order valence-electron chi connectivity index (χ4n) is 3.78. The van der Waals surface area contributed by atoms with Gasteiger partial charge in [0.15, 0.2) is 0 Å². The lowest BCUT2D eigenvalue weighted by atomic mass is 10.1. The number of imidazole rings is 1. The predicted octanol–water partition coefficient (Wildman–Crippen LogP) is 4.87. The topological polar surface area (TPSA) is 71.3 Å². The molecule has 5 aromatic rings. The van der Waals surface area contributed by atoms with Gasteiger partial charge in [0.2, 0.25) is 5.91 Å². The van der Waals surface area contributed by atoms with E-state index in [1.165, 1.54) is 10.1 Å². The predicted molar refractivity (Wildman–Crippen MR) is 138 cm³/mol. The molecule has 6 nitrogen and oxygen atoms in total. The molecule has 34 heavy (non-hydrogen) atoms. The number of nitrogens with zero attached hydrogens (tertiary/aromatic N) is 3. The quantitative estimate of drug-likeness (QED) is 0.372. The highest BCUT2D eigenvalue weighted by Crippen LogP contribution is 2.28. The van der Waals surface area contributed by atoms with Crippen molar-refractivity contribution in [2.75, 3.05) is 12.4 Å². The van der Waals surface area contributed by atoms with Gasteiger partial charge in [-0.3, -0.25) is 9.20 Å². The van der Waals surface area contributed by atoms with Gasteiger partial charge in [-0.2, -0.15) is 0 Å². The number of carbonyl (C=O) groups is 1. The number of hydrogen-bond donors (Lipinski definition) is 2. The van der Waals surface area contributed by atoms with Crippen LogP contribution in [-0.4, -0.2) is 33.4 Å². The van der Waals surface area contributed by atoms with Crippen LogP contribution in [0.5, 0.6) is 0 Å². The van der Waals surface area contributed by atoms with Crippen LogP contribution in [0.2, 0.25) is 0 Å². The molecule has 0 aliphatic rings. The highest BCUT2D eigenvalue weighted by Gasteiger charge is 2.17. The molecule has 7 heteroatoms. The summed E-state index contributed by atoms with van der Waals surface area (Å²) in [6, 6.07) is 17.6. The summed E-state index contributed by atoms with van der Waals surface area (Å²) in [5.41, 5.74) is 5.03. The molecule has 1 unspecified atom stereocenters. The summed E-state index contributed by atoms with van der Waals surface area (Å²) in [5.74, 6) is 6.83. The molecule has 4 heterocycles. The van der Waals surface area contributed by atoms with Crippen LogP contribution in [0.15, 0.2) is 66.2 Å². The van der Waals surface area contributed by atoms with Crippen molar-refractivity contribution in [2.45, 2.75) is 19.9 Å². The minimum Gasteiger partial charge on any atom is -0.309 e. The van der Waals surface area contributed by atoms with Crippen LogP contribution in [-0.2, 0) is 4.79 Å². The molecular formula is C27H23N5OS. The van der Waals surface area contributed by atoms with Gasteiger partial charge < -0.3 is 10.6 Å². The normalized spacial score (nSPS) is 11.9. The average molecular weight is 466 g/mol. The molecule has 1 aromatic carbocycles. The van der Waals surface area contributed by atoms with Gasteiger partial charge in [-0.1, -0.05) is 18.1 Å². The van der Waals surface area contributed by atoms with Crippen molar-refractivity contribution in [3.8, 4) is 23.1 Å². The molecule has 0 spiro atoms. The first kappa shape index (κ1) is 21.8. The number of likely N-dealkylation sites (N-methyl/N-ethyl adjacent to an activating group) is 1. The molecule has 0 aliphatic heterocycles. The molecule has 4 aromatic heterocycles. The van der Waals surface area contributed by atoms with Crippen LogP contribution in [0, 0.1) is 18.8 Å². The highest BCUT2D eigenvalue weighted by atomic mass is 32.1. The number of amides is 1. The number of pyridine rings is 2. The SMILES string of the molecule is CNC(C)C(=O)Nc1ccc(-c2c(C)nc3ccccn23)c(C#Cc2ccc3ccsc3c2)n1. The van der Waals surface area contributed by atoms with E-state index in [9.17, 15) is 4.79 Å². The molecule has 0 bridgehead atoms. The Labute approximate surface area is 201 Å². The van der Waals surface area contributed by atoms with Crippen molar-refractivity contribution in [2.24, 2.45) is 0 Å². The molecule has 0 saturated carbocycles. The Morgan fingerprint density at radius 1 is 1.09 bits per heavy atom.